The highest BCUT2D eigenvalue weighted by Crippen LogP contribution is 2.35. The van der Waals surface area contributed by atoms with E-state index in [1.807, 2.05) is 0 Å². The topological polar surface area (TPSA) is 67.1 Å². The van der Waals surface area contributed by atoms with Crippen LogP contribution in [0.1, 0.15) is 35.2 Å². The molecule has 1 atom stereocenters. The minimum atomic E-state index is -4.39. The number of rotatable bonds is 3. The molecule has 5 nitrogen and oxygen atoms in total. The van der Waals surface area contributed by atoms with Crippen LogP contribution in [-0.2, 0) is 19.0 Å². The molecule has 2 aliphatic rings. The van der Waals surface area contributed by atoms with Crippen LogP contribution in [0.4, 0.5) is 30.6 Å². The third kappa shape index (κ3) is 4.87. The van der Waals surface area contributed by atoms with Crippen LogP contribution in [0, 0.1) is 6.92 Å². The molecule has 2 aromatic rings. The van der Waals surface area contributed by atoms with Gasteiger partial charge in [0.2, 0.25) is 5.95 Å². The number of aromatic nitrogens is 2. The van der Waals surface area contributed by atoms with Gasteiger partial charge in [-0.1, -0.05) is 6.07 Å². The third-order valence-corrected chi connectivity index (χ3v) is 5.23. The molecule has 0 amide bonds. The van der Waals surface area contributed by atoms with E-state index < -0.39 is 11.7 Å². The molecule has 0 radical (unpaired) electrons. The smallest absolute Gasteiger partial charge is 0.355 e. The summed E-state index contributed by atoms with van der Waals surface area (Å²) in [5, 5.41) is 2.97. The zero-order valence-electron chi connectivity index (χ0n) is 15.9. The highest BCUT2D eigenvalue weighted by Gasteiger charge is 2.33. The second-order valence-electron chi connectivity index (χ2n) is 7.30. The molecule has 3 N–H and O–H groups in total. The van der Waals surface area contributed by atoms with Crippen LogP contribution in [0.15, 0.2) is 18.2 Å². The van der Waals surface area contributed by atoms with Gasteiger partial charge in [0.1, 0.15) is 5.82 Å². The fraction of sp³-hybridized carbons (Fsp3) is 0.474. The Bertz CT molecular complexity index is 876. The number of nitrogens with one attached hydrogen (secondary N) is 1. The van der Waals surface area contributed by atoms with Crippen LogP contribution in [0.25, 0.3) is 0 Å². The Labute approximate surface area is 180 Å². The van der Waals surface area contributed by atoms with Crippen molar-refractivity contribution < 1.29 is 13.2 Å². The standard InChI is InChI=1S/C19H22F3N5.2ClH/c1-11-5-6-13(9-15(11)19(20,21)22)24-18-25-16-4-2-3-14(16)17(26-18)27-8-7-12(23)10-27;;/h5-6,9,12H,2-4,7-8,10,23H2,1H3,(H,24,25,26);2*1H/t12-;;/m0../s1. The lowest BCUT2D eigenvalue weighted by atomic mass is 10.1. The highest BCUT2D eigenvalue weighted by molar-refractivity contribution is 5.85. The summed E-state index contributed by atoms with van der Waals surface area (Å²) in [5.41, 5.74) is 8.02. The van der Waals surface area contributed by atoms with Gasteiger partial charge < -0.3 is 16.0 Å². The van der Waals surface area contributed by atoms with Crippen LogP contribution < -0.4 is 16.0 Å². The molecule has 0 bridgehead atoms. The molecular weight excluding hydrogens is 426 g/mol. The number of benzene rings is 1. The second kappa shape index (κ2) is 8.93. The number of hydrogen-bond donors (Lipinski definition) is 2. The van der Waals surface area contributed by atoms with E-state index in [0.717, 1.165) is 61.9 Å². The molecule has 0 unspecified atom stereocenters. The Morgan fingerprint density at radius 2 is 1.93 bits per heavy atom. The summed E-state index contributed by atoms with van der Waals surface area (Å²) in [6.07, 6.45) is -0.671. The molecule has 4 rings (SSSR count). The van der Waals surface area contributed by atoms with Crippen molar-refractivity contribution in [3.05, 3.63) is 40.6 Å². The monoisotopic (exact) mass is 449 g/mol. The fourth-order valence-corrected chi connectivity index (χ4v) is 3.84. The number of nitrogens with two attached hydrogens (primary N) is 1. The van der Waals surface area contributed by atoms with E-state index in [1.165, 1.54) is 13.0 Å². The molecule has 29 heavy (non-hydrogen) atoms. The molecule has 1 fully saturated rings. The predicted octanol–water partition coefficient (Wildman–Crippen LogP) is 4.42. The van der Waals surface area contributed by atoms with Crippen molar-refractivity contribution in [2.75, 3.05) is 23.3 Å². The Kier molecular flexibility index (Phi) is 7.24. The normalized spacial score (nSPS) is 18.1. The van der Waals surface area contributed by atoms with Crippen LogP contribution in [0.5, 0.6) is 0 Å². The second-order valence-corrected chi connectivity index (χ2v) is 7.30. The lowest BCUT2D eigenvalue weighted by Gasteiger charge is -2.21. The summed E-state index contributed by atoms with van der Waals surface area (Å²) in [4.78, 5) is 11.4. The van der Waals surface area contributed by atoms with E-state index in [1.54, 1.807) is 6.07 Å². The van der Waals surface area contributed by atoms with Gasteiger partial charge >= 0.3 is 6.18 Å². The van der Waals surface area contributed by atoms with Crippen LogP contribution in [0.2, 0.25) is 0 Å². The number of fused-ring (bicyclic) bond motifs is 1. The molecule has 160 valence electrons. The Hall–Kier alpha value is -1.77. The van der Waals surface area contributed by atoms with Crippen molar-refractivity contribution in [2.45, 2.75) is 44.8 Å². The molecule has 0 saturated carbocycles. The zero-order chi connectivity index (χ0) is 19.2. The van der Waals surface area contributed by atoms with Gasteiger partial charge in [0.25, 0.3) is 0 Å². The number of nitrogens with zero attached hydrogens (tertiary/aromatic N) is 3. The van der Waals surface area contributed by atoms with E-state index in [9.17, 15) is 13.2 Å². The first kappa shape index (κ1) is 23.5. The number of halogens is 5. The zero-order valence-corrected chi connectivity index (χ0v) is 17.6. The Morgan fingerprint density at radius 1 is 1.17 bits per heavy atom. The van der Waals surface area contributed by atoms with Crippen molar-refractivity contribution in [1.29, 1.82) is 0 Å². The van der Waals surface area contributed by atoms with Crippen LogP contribution >= 0.6 is 24.8 Å². The van der Waals surface area contributed by atoms with Gasteiger partial charge in [0.05, 0.1) is 11.3 Å². The van der Waals surface area contributed by atoms with E-state index in [-0.39, 0.29) is 36.4 Å². The average Bonchev–Trinajstić information content (AvgIpc) is 3.23. The number of anilines is 3. The number of hydrogen-bond acceptors (Lipinski definition) is 5. The average molecular weight is 450 g/mol. The van der Waals surface area contributed by atoms with Gasteiger partial charge in [-0.3, -0.25) is 0 Å². The van der Waals surface area contributed by atoms with Crippen LogP contribution in [-0.4, -0.2) is 29.1 Å². The summed E-state index contributed by atoms with van der Waals surface area (Å²) >= 11 is 0. The highest BCUT2D eigenvalue weighted by atomic mass is 35.5. The van der Waals surface area contributed by atoms with Gasteiger partial charge in [-0.15, -0.1) is 24.8 Å². The van der Waals surface area contributed by atoms with E-state index in [4.69, 9.17) is 5.73 Å². The van der Waals surface area contributed by atoms with Crippen molar-refractivity contribution in [3.63, 3.8) is 0 Å². The maximum absolute atomic E-state index is 13.2. The first-order valence-electron chi connectivity index (χ1n) is 9.16. The van der Waals surface area contributed by atoms with Gasteiger partial charge in [0.15, 0.2) is 0 Å². The van der Waals surface area contributed by atoms with Gasteiger partial charge in [-0.25, -0.2) is 4.98 Å². The predicted molar refractivity (Wildman–Crippen MR) is 113 cm³/mol. The first-order chi connectivity index (χ1) is 12.8. The number of aryl methyl sites for hydroxylation is 2. The SMILES string of the molecule is Cc1ccc(Nc2nc3c(c(N4CC[C@H](N)C4)n2)CCC3)cc1C(F)(F)F.Cl.Cl. The molecule has 10 heteroatoms. The fourth-order valence-electron chi connectivity index (χ4n) is 3.84. The van der Waals surface area contributed by atoms with E-state index >= 15 is 0 Å². The lowest BCUT2D eigenvalue weighted by molar-refractivity contribution is -0.138. The Balaban J connectivity index is 0.00000150. The quantitative estimate of drug-likeness (QED) is 0.725. The summed E-state index contributed by atoms with van der Waals surface area (Å²) in [6, 6.07) is 4.31. The molecule has 1 aliphatic heterocycles. The summed E-state index contributed by atoms with van der Waals surface area (Å²) < 4.78 is 39.5. The van der Waals surface area contributed by atoms with Crippen molar-refractivity contribution in [2.24, 2.45) is 5.73 Å². The maximum atomic E-state index is 13.2. The summed E-state index contributed by atoms with van der Waals surface area (Å²) in [7, 11) is 0. The lowest BCUT2D eigenvalue weighted by Crippen LogP contribution is -2.28. The largest absolute Gasteiger partial charge is 0.416 e. The first-order valence-corrected chi connectivity index (χ1v) is 9.16. The van der Waals surface area contributed by atoms with Crippen molar-refractivity contribution >= 4 is 42.3 Å². The minimum absolute atomic E-state index is 0. The van der Waals surface area contributed by atoms with Crippen LogP contribution in [0.3, 0.4) is 0 Å². The maximum Gasteiger partial charge on any atom is 0.416 e. The molecule has 0 spiro atoms. The van der Waals surface area contributed by atoms with Gasteiger partial charge in [-0.2, -0.15) is 18.2 Å². The molecule has 1 aliphatic carbocycles. The molecule has 1 aromatic carbocycles. The molecular formula is C19H24Cl2F3N5. The van der Waals surface area contributed by atoms with Gasteiger partial charge in [0, 0.05) is 30.4 Å². The summed E-state index contributed by atoms with van der Waals surface area (Å²) in [5.74, 6) is 1.21. The van der Waals surface area contributed by atoms with Crippen molar-refractivity contribution in [1.82, 2.24) is 9.97 Å². The van der Waals surface area contributed by atoms with Crippen molar-refractivity contribution in [3.8, 4) is 0 Å². The number of alkyl halides is 3. The van der Waals surface area contributed by atoms with E-state index in [0.29, 0.717) is 11.6 Å². The van der Waals surface area contributed by atoms with E-state index in [2.05, 4.69) is 20.2 Å². The summed E-state index contributed by atoms with van der Waals surface area (Å²) in [6.45, 7) is 3.03. The molecule has 1 aromatic heterocycles. The van der Waals surface area contributed by atoms with Gasteiger partial charge in [-0.05, 0) is 50.3 Å². The minimum Gasteiger partial charge on any atom is -0.355 e. The molecule has 2 heterocycles. The molecule has 1 saturated heterocycles. The third-order valence-electron chi connectivity index (χ3n) is 5.23. The Morgan fingerprint density at radius 3 is 2.59 bits per heavy atom.